The van der Waals surface area contributed by atoms with Crippen LogP contribution < -0.4 is 14.5 Å². The minimum absolute atomic E-state index is 0.0350. The normalized spacial score (nSPS) is 27.9. The molecule has 6 atom stereocenters. The molecule has 2 aliphatic carbocycles. The van der Waals surface area contributed by atoms with Crippen LogP contribution in [0.2, 0.25) is 10.0 Å². The molecule has 0 radical (unpaired) electrons. The smallest absolute Gasteiger partial charge is 0.241 e. The molecule has 2 aliphatic heterocycles. The topological polar surface area (TPSA) is 121 Å². The van der Waals surface area contributed by atoms with Crippen LogP contribution in [0.1, 0.15) is 48.5 Å². The van der Waals surface area contributed by atoms with Gasteiger partial charge in [-0.05, 0) is 92.8 Å². The molecule has 4 amide bonds. The monoisotopic (exact) mass is 690 g/mol. The van der Waals surface area contributed by atoms with Crippen molar-refractivity contribution in [3.8, 4) is 11.5 Å². The number of carbonyl (C=O) groups is 5. The van der Waals surface area contributed by atoms with Crippen molar-refractivity contribution in [3.63, 3.8) is 0 Å². The zero-order valence-electron chi connectivity index (χ0n) is 26.0. The van der Waals surface area contributed by atoms with Gasteiger partial charge in [0.25, 0.3) is 0 Å². The van der Waals surface area contributed by atoms with E-state index in [0.717, 1.165) is 15.9 Å². The Morgan fingerprint density at radius 1 is 0.917 bits per heavy atom. The Balaban J connectivity index is 1.37. The number of hydrogen-bond donors (Lipinski definition) is 1. The van der Waals surface area contributed by atoms with E-state index in [9.17, 15) is 33.5 Å². The van der Waals surface area contributed by atoms with E-state index in [4.69, 9.17) is 27.9 Å². The molecule has 3 aromatic carbocycles. The molecule has 0 bridgehead atoms. The third-order valence-corrected chi connectivity index (χ3v) is 11.1. The number of ketones is 1. The van der Waals surface area contributed by atoms with Crippen molar-refractivity contribution in [2.24, 2.45) is 29.1 Å². The SMILES string of the molecule is COc1cc([C@H]2C3=CC[C@@H]4C(=O)N(c5ccc(C(C)=O)cc5)C(=O)[C@@H]4[C@@H]3C[C@H]3C(=O)N(c4ccc(F)c(Cl)c4)C(=O)[C@@]23C)cc(Cl)c1O. The molecule has 7 rings (SSSR count). The van der Waals surface area contributed by atoms with Crippen LogP contribution in [-0.2, 0) is 19.2 Å². The second-order valence-electron chi connectivity index (χ2n) is 12.9. The van der Waals surface area contributed by atoms with Crippen molar-refractivity contribution in [1.29, 1.82) is 0 Å². The second kappa shape index (κ2) is 11.3. The van der Waals surface area contributed by atoms with Gasteiger partial charge in [0, 0.05) is 11.5 Å². The fourth-order valence-electron chi connectivity index (χ4n) is 8.28. The Bertz CT molecular complexity index is 2000. The average molecular weight is 692 g/mol. The molecular formula is C36H29Cl2FN2O7. The number of Topliss-reactive ketones (excluding diaryl/α,β-unsaturated/α-hetero) is 1. The van der Waals surface area contributed by atoms with Crippen LogP contribution in [0.15, 0.2) is 66.2 Å². The molecule has 3 aromatic rings. The summed E-state index contributed by atoms with van der Waals surface area (Å²) in [5.41, 5.74) is 0.651. The number of rotatable bonds is 5. The Morgan fingerprint density at radius 2 is 1.60 bits per heavy atom. The molecule has 2 saturated heterocycles. The number of anilines is 2. The van der Waals surface area contributed by atoms with Crippen LogP contribution in [-0.4, -0.2) is 41.6 Å². The van der Waals surface area contributed by atoms with Crippen LogP contribution >= 0.6 is 23.2 Å². The molecule has 0 spiro atoms. The maximum atomic E-state index is 14.6. The van der Waals surface area contributed by atoms with E-state index in [1.165, 1.54) is 32.2 Å². The van der Waals surface area contributed by atoms with E-state index >= 15 is 0 Å². The number of amides is 4. The Kier molecular flexibility index (Phi) is 7.52. The van der Waals surface area contributed by atoms with Crippen LogP contribution in [0, 0.1) is 34.9 Å². The van der Waals surface area contributed by atoms with Gasteiger partial charge in [-0.15, -0.1) is 0 Å². The summed E-state index contributed by atoms with van der Waals surface area (Å²) in [6.07, 6.45) is 2.19. The standard InChI is InChI=1S/C36H29Cl2FN2O7/c1-16(42)17-4-6-19(7-5-17)40-32(44)22-10-9-21-23(29(22)34(40)46)15-24-33(45)41(20-8-11-27(39)25(37)14-20)35(47)36(24,2)30(21)18-12-26(38)31(43)28(13-18)48-3/h4-9,11-14,22-24,29-30,43H,10,15H2,1-3H3/t22-,23+,24-,29-,30-,36+/m0/s1. The molecule has 4 aliphatic rings. The van der Waals surface area contributed by atoms with Crippen LogP contribution in [0.3, 0.4) is 0 Å². The van der Waals surface area contributed by atoms with Crippen molar-refractivity contribution >= 4 is 64.0 Å². The molecular weight excluding hydrogens is 662 g/mol. The lowest BCUT2D eigenvalue weighted by Gasteiger charge is -2.49. The van der Waals surface area contributed by atoms with Crippen molar-refractivity contribution in [2.45, 2.75) is 32.6 Å². The predicted molar refractivity (Wildman–Crippen MR) is 175 cm³/mol. The summed E-state index contributed by atoms with van der Waals surface area (Å²) in [5.74, 6) is -6.93. The van der Waals surface area contributed by atoms with Gasteiger partial charge in [-0.2, -0.15) is 0 Å². The second-order valence-corrected chi connectivity index (χ2v) is 13.7. The van der Waals surface area contributed by atoms with Gasteiger partial charge in [-0.3, -0.25) is 28.9 Å². The summed E-state index contributed by atoms with van der Waals surface area (Å²) in [5, 5.41) is 10.3. The molecule has 3 fully saturated rings. The summed E-state index contributed by atoms with van der Waals surface area (Å²) < 4.78 is 19.5. The Labute approximate surface area is 284 Å². The number of aromatic hydroxyl groups is 1. The predicted octanol–water partition coefficient (Wildman–Crippen LogP) is 6.48. The number of ether oxygens (including phenoxy) is 1. The van der Waals surface area contributed by atoms with E-state index in [1.807, 2.05) is 6.08 Å². The Morgan fingerprint density at radius 3 is 2.25 bits per heavy atom. The van der Waals surface area contributed by atoms with Gasteiger partial charge < -0.3 is 9.84 Å². The largest absolute Gasteiger partial charge is 0.503 e. The van der Waals surface area contributed by atoms with Crippen molar-refractivity contribution < 1.29 is 38.2 Å². The first kappa shape index (κ1) is 32.0. The summed E-state index contributed by atoms with van der Waals surface area (Å²) in [7, 11) is 1.36. The molecule has 0 unspecified atom stereocenters. The first-order chi connectivity index (χ1) is 22.8. The van der Waals surface area contributed by atoms with Crippen LogP contribution in [0.4, 0.5) is 15.8 Å². The van der Waals surface area contributed by atoms with Crippen molar-refractivity contribution in [3.05, 3.63) is 93.2 Å². The van der Waals surface area contributed by atoms with E-state index in [-0.39, 0.29) is 51.8 Å². The summed E-state index contributed by atoms with van der Waals surface area (Å²) >= 11 is 12.5. The molecule has 9 nitrogen and oxygen atoms in total. The highest BCUT2D eigenvalue weighted by atomic mass is 35.5. The summed E-state index contributed by atoms with van der Waals surface area (Å²) in [4.78, 5) is 71.0. The highest BCUT2D eigenvalue weighted by Crippen LogP contribution is 2.64. The van der Waals surface area contributed by atoms with Crippen LogP contribution in [0.5, 0.6) is 11.5 Å². The van der Waals surface area contributed by atoms with Gasteiger partial charge in [-0.1, -0.05) is 34.9 Å². The van der Waals surface area contributed by atoms with E-state index < -0.39 is 58.5 Å². The van der Waals surface area contributed by atoms with Crippen LogP contribution in [0.25, 0.3) is 0 Å². The maximum Gasteiger partial charge on any atom is 0.241 e. The van der Waals surface area contributed by atoms with Gasteiger partial charge in [0.15, 0.2) is 17.3 Å². The molecule has 12 heteroatoms. The fourth-order valence-corrected chi connectivity index (χ4v) is 8.68. The lowest BCUT2D eigenvalue weighted by molar-refractivity contribution is -0.131. The molecule has 1 saturated carbocycles. The number of allylic oxidation sites excluding steroid dienone is 2. The highest BCUT2D eigenvalue weighted by Gasteiger charge is 2.67. The fraction of sp³-hybridized carbons (Fsp3) is 0.306. The minimum Gasteiger partial charge on any atom is -0.503 e. The van der Waals surface area contributed by atoms with Crippen molar-refractivity contribution in [2.75, 3.05) is 16.9 Å². The molecule has 0 aromatic heterocycles. The van der Waals surface area contributed by atoms with Crippen molar-refractivity contribution in [1.82, 2.24) is 0 Å². The number of imide groups is 2. The van der Waals surface area contributed by atoms with Gasteiger partial charge in [0.2, 0.25) is 23.6 Å². The quantitative estimate of drug-likeness (QED) is 0.185. The molecule has 2 heterocycles. The number of nitrogens with zero attached hydrogens (tertiary/aromatic N) is 2. The van der Waals surface area contributed by atoms with E-state index in [1.54, 1.807) is 37.3 Å². The zero-order chi connectivity index (χ0) is 34.4. The summed E-state index contributed by atoms with van der Waals surface area (Å²) in [6.45, 7) is 3.11. The first-order valence-corrected chi connectivity index (χ1v) is 16.1. The number of hydrogen-bond acceptors (Lipinski definition) is 7. The Hall–Kier alpha value is -4.54. The highest BCUT2D eigenvalue weighted by molar-refractivity contribution is 6.32. The molecule has 48 heavy (non-hydrogen) atoms. The van der Waals surface area contributed by atoms with Gasteiger partial charge >= 0.3 is 0 Å². The number of fused-ring (bicyclic) bond motifs is 4. The number of benzene rings is 3. The lowest BCUT2D eigenvalue weighted by atomic mass is 9.51. The first-order valence-electron chi connectivity index (χ1n) is 15.4. The van der Waals surface area contributed by atoms with E-state index in [2.05, 4.69) is 0 Å². The van der Waals surface area contributed by atoms with Gasteiger partial charge in [0.05, 0.1) is 51.7 Å². The number of phenolic OH excluding ortho intramolecular Hbond substituents is 1. The third-order valence-electron chi connectivity index (χ3n) is 10.6. The average Bonchev–Trinajstić information content (AvgIpc) is 3.43. The number of phenols is 1. The number of halogens is 3. The summed E-state index contributed by atoms with van der Waals surface area (Å²) in [6, 6.07) is 12.9. The van der Waals surface area contributed by atoms with Gasteiger partial charge in [0.1, 0.15) is 5.82 Å². The number of methoxy groups -OCH3 is 1. The number of carbonyl (C=O) groups excluding carboxylic acids is 5. The minimum atomic E-state index is -1.41. The molecule has 246 valence electrons. The lowest BCUT2D eigenvalue weighted by Crippen LogP contribution is -2.48. The maximum absolute atomic E-state index is 14.6. The zero-order valence-corrected chi connectivity index (χ0v) is 27.5. The van der Waals surface area contributed by atoms with E-state index in [0.29, 0.717) is 22.4 Å². The van der Waals surface area contributed by atoms with Gasteiger partial charge in [-0.25, -0.2) is 9.29 Å². The molecule has 1 N–H and O–H groups in total. The third kappa shape index (κ3) is 4.45.